The van der Waals surface area contributed by atoms with Crippen molar-refractivity contribution in [1.82, 2.24) is 15.0 Å². The van der Waals surface area contributed by atoms with E-state index < -0.39 is 0 Å². The fourth-order valence-electron chi connectivity index (χ4n) is 2.73. The van der Waals surface area contributed by atoms with E-state index >= 15 is 0 Å². The minimum absolute atomic E-state index is 0.0515. The quantitative estimate of drug-likeness (QED) is 0.867. The molecule has 1 aliphatic heterocycles. The van der Waals surface area contributed by atoms with Gasteiger partial charge in [0.05, 0.1) is 5.92 Å². The standard InChI is InChI=1S/C17H23N3O/c1-17(2,3)16-18-15(21-19-16)14-9-10-20(12-14)11-13-7-5-4-6-8-13/h4-8,14H,9-12H2,1-3H3/t14-/m0/s1. The average molecular weight is 285 g/mol. The van der Waals surface area contributed by atoms with E-state index in [2.05, 4.69) is 66.1 Å². The Bertz CT molecular complexity index is 586. The van der Waals surface area contributed by atoms with E-state index in [1.165, 1.54) is 5.56 Å². The Kier molecular flexibility index (Phi) is 3.81. The van der Waals surface area contributed by atoms with Gasteiger partial charge in [-0.15, -0.1) is 0 Å². The van der Waals surface area contributed by atoms with E-state index in [0.29, 0.717) is 5.92 Å². The number of aromatic nitrogens is 2. The second kappa shape index (κ2) is 5.60. The van der Waals surface area contributed by atoms with Crippen LogP contribution in [0.3, 0.4) is 0 Å². The van der Waals surface area contributed by atoms with Gasteiger partial charge in [-0.05, 0) is 18.5 Å². The molecule has 21 heavy (non-hydrogen) atoms. The summed E-state index contributed by atoms with van der Waals surface area (Å²) in [6.45, 7) is 9.42. The number of hydrogen-bond acceptors (Lipinski definition) is 4. The van der Waals surface area contributed by atoms with Crippen molar-refractivity contribution in [3.05, 3.63) is 47.6 Å². The summed E-state index contributed by atoms with van der Waals surface area (Å²) in [5, 5.41) is 4.14. The predicted octanol–water partition coefficient (Wildman–Crippen LogP) is 3.36. The van der Waals surface area contributed by atoms with Gasteiger partial charge in [0.1, 0.15) is 0 Å². The molecule has 0 unspecified atom stereocenters. The van der Waals surface area contributed by atoms with Crippen molar-refractivity contribution < 1.29 is 4.52 Å². The lowest BCUT2D eigenvalue weighted by molar-refractivity contribution is 0.307. The summed E-state index contributed by atoms with van der Waals surface area (Å²) in [4.78, 5) is 7.06. The third kappa shape index (κ3) is 3.32. The van der Waals surface area contributed by atoms with Crippen LogP contribution in [0.25, 0.3) is 0 Å². The lowest BCUT2D eigenvalue weighted by Gasteiger charge is -2.15. The molecular weight excluding hydrogens is 262 g/mol. The van der Waals surface area contributed by atoms with Crippen molar-refractivity contribution in [3.8, 4) is 0 Å². The number of hydrogen-bond donors (Lipinski definition) is 0. The third-order valence-corrected chi connectivity index (χ3v) is 3.98. The van der Waals surface area contributed by atoms with Crippen LogP contribution in [0.2, 0.25) is 0 Å². The molecule has 1 atom stereocenters. The van der Waals surface area contributed by atoms with Crippen LogP contribution in [-0.2, 0) is 12.0 Å². The summed E-state index contributed by atoms with van der Waals surface area (Å²) >= 11 is 0. The summed E-state index contributed by atoms with van der Waals surface area (Å²) in [6.07, 6.45) is 1.10. The molecule has 3 rings (SSSR count). The zero-order chi connectivity index (χ0) is 14.9. The first-order valence-electron chi connectivity index (χ1n) is 7.63. The van der Waals surface area contributed by atoms with Crippen LogP contribution in [0.5, 0.6) is 0 Å². The zero-order valence-electron chi connectivity index (χ0n) is 13.0. The maximum absolute atomic E-state index is 5.49. The van der Waals surface area contributed by atoms with Gasteiger partial charge < -0.3 is 4.52 Å². The van der Waals surface area contributed by atoms with E-state index in [1.807, 2.05) is 0 Å². The van der Waals surface area contributed by atoms with Crippen LogP contribution >= 0.6 is 0 Å². The number of nitrogens with zero attached hydrogens (tertiary/aromatic N) is 3. The van der Waals surface area contributed by atoms with Crippen molar-refractivity contribution in [1.29, 1.82) is 0 Å². The van der Waals surface area contributed by atoms with Crippen LogP contribution in [0.1, 0.15) is 50.4 Å². The molecule has 1 aliphatic rings. The molecule has 4 nitrogen and oxygen atoms in total. The highest BCUT2D eigenvalue weighted by Crippen LogP contribution is 2.29. The van der Waals surface area contributed by atoms with Gasteiger partial charge in [0.15, 0.2) is 5.82 Å². The number of benzene rings is 1. The van der Waals surface area contributed by atoms with Gasteiger partial charge in [0, 0.05) is 18.5 Å². The van der Waals surface area contributed by atoms with Crippen LogP contribution in [0.15, 0.2) is 34.9 Å². The molecule has 0 aliphatic carbocycles. The van der Waals surface area contributed by atoms with Crippen molar-refractivity contribution >= 4 is 0 Å². The van der Waals surface area contributed by atoms with Crippen LogP contribution < -0.4 is 0 Å². The Morgan fingerprint density at radius 3 is 2.67 bits per heavy atom. The van der Waals surface area contributed by atoms with Gasteiger partial charge in [0.25, 0.3) is 0 Å². The molecule has 1 aromatic heterocycles. The van der Waals surface area contributed by atoms with Crippen LogP contribution in [0.4, 0.5) is 0 Å². The summed E-state index contributed by atoms with van der Waals surface area (Å²) < 4.78 is 5.49. The maximum Gasteiger partial charge on any atom is 0.231 e. The maximum atomic E-state index is 5.49. The monoisotopic (exact) mass is 285 g/mol. The largest absolute Gasteiger partial charge is 0.339 e. The van der Waals surface area contributed by atoms with Gasteiger partial charge >= 0.3 is 0 Å². The molecule has 0 saturated carbocycles. The first-order chi connectivity index (χ1) is 10.0. The Balaban J connectivity index is 1.63. The second-order valence-electron chi connectivity index (χ2n) is 6.91. The first-order valence-corrected chi connectivity index (χ1v) is 7.63. The van der Waals surface area contributed by atoms with Crippen LogP contribution in [-0.4, -0.2) is 28.1 Å². The third-order valence-electron chi connectivity index (χ3n) is 3.98. The minimum atomic E-state index is -0.0515. The highest BCUT2D eigenvalue weighted by atomic mass is 16.5. The molecular formula is C17H23N3O. The highest BCUT2D eigenvalue weighted by molar-refractivity contribution is 5.15. The summed E-state index contributed by atoms with van der Waals surface area (Å²) in [7, 11) is 0. The number of rotatable bonds is 3. The normalized spacial score (nSPS) is 20.0. The molecule has 2 aromatic rings. The molecule has 0 amide bonds. The fourth-order valence-corrected chi connectivity index (χ4v) is 2.73. The molecule has 1 fully saturated rings. The van der Waals surface area contributed by atoms with Crippen molar-refractivity contribution in [2.75, 3.05) is 13.1 Å². The molecule has 0 radical (unpaired) electrons. The molecule has 0 bridgehead atoms. The van der Waals surface area contributed by atoms with Crippen molar-refractivity contribution in [2.45, 2.75) is 45.1 Å². The molecule has 112 valence electrons. The van der Waals surface area contributed by atoms with Crippen molar-refractivity contribution in [3.63, 3.8) is 0 Å². The minimum Gasteiger partial charge on any atom is -0.339 e. The predicted molar refractivity (Wildman–Crippen MR) is 82.1 cm³/mol. The van der Waals surface area contributed by atoms with Gasteiger partial charge in [-0.3, -0.25) is 4.90 Å². The van der Waals surface area contributed by atoms with Gasteiger partial charge in [-0.2, -0.15) is 4.98 Å². The van der Waals surface area contributed by atoms with E-state index in [-0.39, 0.29) is 5.41 Å². The SMILES string of the molecule is CC(C)(C)c1noc([C@H]2CCN(Cc3ccccc3)C2)n1. The van der Waals surface area contributed by atoms with E-state index in [1.54, 1.807) is 0 Å². The highest BCUT2D eigenvalue weighted by Gasteiger charge is 2.30. The van der Waals surface area contributed by atoms with Crippen molar-refractivity contribution in [2.24, 2.45) is 0 Å². The first kappa shape index (κ1) is 14.3. The smallest absolute Gasteiger partial charge is 0.231 e. The zero-order valence-corrected chi connectivity index (χ0v) is 13.0. The molecule has 2 heterocycles. The average Bonchev–Trinajstić information content (AvgIpc) is 3.07. The molecule has 0 N–H and O–H groups in total. The Hall–Kier alpha value is -1.68. The lowest BCUT2D eigenvalue weighted by Crippen LogP contribution is -2.19. The molecule has 4 heteroatoms. The van der Waals surface area contributed by atoms with E-state index in [4.69, 9.17) is 4.52 Å². The topological polar surface area (TPSA) is 42.2 Å². The summed E-state index contributed by atoms with van der Waals surface area (Å²) in [5.41, 5.74) is 1.31. The van der Waals surface area contributed by atoms with Gasteiger partial charge in [0.2, 0.25) is 5.89 Å². The van der Waals surface area contributed by atoms with Crippen LogP contribution in [0, 0.1) is 0 Å². The Morgan fingerprint density at radius 2 is 2.00 bits per heavy atom. The van der Waals surface area contributed by atoms with Gasteiger partial charge in [-0.25, -0.2) is 0 Å². The second-order valence-corrected chi connectivity index (χ2v) is 6.91. The molecule has 1 aromatic carbocycles. The molecule has 1 saturated heterocycles. The van der Waals surface area contributed by atoms with Gasteiger partial charge in [-0.1, -0.05) is 56.3 Å². The molecule has 0 spiro atoms. The van der Waals surface area contributed by atoms with E-state index in [9.17, 15) is 0 Å². The summed E-state index contributed by atoms with van der Waals surface area (Å²) in [6, 6.07) is 10.6. The Labute approximate surface area is 126 Å². The lowest BCUT2D eigenvalue weighted by atomic mass is 9.96. The Morgan fingerprint density at radius 1 is 1.24 bits per heavy atom. The number of likely N-dealkylation sites (tertiary alicyclic amines) is 1. The summed E-state index contributed by atoms with van der Waals surface area (Å²) in [5.74, 6) is 1.98. The van der Waals surface area contributed by atoms with E-state index in [0.717, 1.165) is 37.8 Å². The fraction of sp³-hybridized carbons (Fsp3) is 0.529.